The molecule has 0 saturated carbocycles. The average molecular weight is 329 g/mol. The van der Waals surface area contributed by atoms with Crippen molar-refractivity contribution in [2.24, 2.45) is 0 Å². The van der Waals surface area contributed by atoms with Crippen molar-refractivity contribution >= 4 is 26.0 Å². The molecule has 2 rings (SSSR count). The maximum Gasteiger partial charge on any atom is 0.282 e. The van der Waals surface area contributed by atoms with E-state index in [4.69, 9.17) is 0 Å². The quantitative estimate of drug-likeness (QED) is 0.867. The summed E-state index contributed by atoms with van der Waals surface area (Å²) >= 11 is 3.18. The molecule has 0 aliphatic rings. The molecule has 0 bridgehead atoms. The van der Waals surface area contributed by atoms with Gasteiger partial charge in [-0.1, -0.05) is 25.5 Å². The number of aryl methyl sites for hydroxylation is 1. The molecule has 1 aromatic carbocycles. The highest BCUT2D eigenvalue weighted by atomic mass is 79.9. The molecule has 96 valence electrons. The molecule has 0 aliphatic carbocycles. The van der Waals surface area contributed by atoms with Crippen LogP contribution in [0.15, 0.2) is 46.0 Å². The van der Waals surface area contributed by atoms with Crippen LogP contribution < -0.4 is 0 Å². The third-order valence-electron chi connectivity index (χ3n) is 2.53. The van der Waals surface area contributed by atoms with Crippen LogP contribution in [0.4, 0.5) is 0 Å². The second-order valence-corrected chi connectivity index (χ2v) is 6.64. The molecule has 0 spiro atoms. The zero-order valence-electron chi connectivity index (χ0n) is 9.88. The molecule has 0 amide bonds. The van der Waals surface area contributed by atoms with E-state index in [2.05, 4.69) is 28.0 Å². The second kappa shape index (κ2) is 5.24. The van der Waals surface area contributed by atoms with Crippen molar-refractivity contribution in [3.05, 3.63) is 46.7 Å². The predicted octanol–water partition coefficient (Wildman–Crippen LogP) is 2.84. The van der Waals surface area contributed by atoms with Crippen molar-refractivity contribution in [2.45, 2.75) is 24.7 Å². The van der Waals surface area contributed by atoms with Crippen LogP contribution in [0.5, 0.6) is 0 Å². The van der Waals surface area contributed by atoms with Crippen molar-refractivity contribution in [1.82, 2.24) is 9.19 Å². The molecular formula is C12H13BrN2O2S. The molecule has 0 aliphatic heterocycles. The number of rotatable bonds is 4. The van der Waals surface area contributed by atoms with Crippen molar-refractivity contribution < 1.29 is 8.42 Å². The first kappa shape index (κ1) is 13.3. The summed E-state index contributed by atoms with van der Waals surface area (Å²) in [4.78, 5) is 0.248. The molecule has 4 nitrogen and oxygen atoms in total. The number of nitrogens with zero attached hydrogens (tertiary/aromatic N) is 2. The third kappa shape index (κ3) is 2.64. The lowest BCUT2D eigenvalue weighted by atomic mass is 10.1. The lowest BCUT2D eigenvalue weighted by molar-refractivity contribution is 0.580. The SMILES string of the molecule is CCCc1ccc(S(=O)(=O)n2cc(Br)cn2)cc1. The molecule has 0 radical (unpaired) electrons. The maximum absolute atomic E-state index is 12.2. The van der Waals surface area contributed by atoms with Gasteiger partial charge in [-0.25, -0.2) is 0 Å². The van der Waals surface area contributed by atoms with Crippen LogP contribution in [0.2, 0.25) is 0 Å². The molecule has 0 N–H and O–H groups in total. The van der Waals surface area contributed by atoms with Gasteiger partial charge in [-0.3, -0.25) is 0 Å². The standard InChI is InChI=1S/C12H13BrN2O2S/c1-2-3-10-4-6-12(7-5-10)18(16,17)15-9-11(13)8-14-15/h4-9H,2-3H2,1H3. The predicted molar refractivity (Wildman–Crippen MR) is 72.9 cm³/mol. The molecule has 1 heterocycles. The van der Waals surface area contributed by atoms with Crippen molar-refractivity contribution in [3.8, 4) is 0 Å². The minimum absolute atomic E-state index is 0.248. The Morgan fingerprint density at radius 3 is 2.44 bits per heavy atom. The van der Waals surface area contributed by atoms with Gasteiger partial charge in [-0.2, -0.15) is 17.6 Å². The van der Waals surface area contributed by atoms with Crippen molar-refractivity contribution in [1.29, 1.82) is 0 Å². The summed E-state index contributed by atoms with van der Waals surface area (Å²) in [5.74, 6) is 0. The lowest BCUT2D eigenvalue weighted by Crippen LogP contribution is -2.13. The van der Waals surface area contributed by atoms with E-state index in [-0.39, 0.29) is 4.90 Å². The molecule has 0 atom stereocenters. The number of aromatic nitrogens is 2. The Hall–Kier alpha value is -1.14. The Bertz CT molecular complexity index is 632. The topological polar surface area (TPSA) is 52.0 Å². The highest BCUT2D eigenvalue weighted by Gasteiger charge is 2.17. The first-order valence-electron chi connectivity index (χ1n) is 5.58. The van der Waals surface area contributed by atoms with Gasteiger partial charge < -0.3 is 0 Å². The first-order chi connectivity index (χ1) is 8.54. The Kier molecular flexibility index (Phi) is 3.87. The molecule has 0 unspecified atom stereocenters. The highest BCUT2D eigenvalue weighted by Crippen LogP contribution is 2.17. The second-order valence-electron chi connectivity index (χ2n) is 3.93. The monoisotopic (exact) mass is 328 g/mol. The minimum Gasteiger partial charge on any atom is -0.199 e. The molecule has 6 heteroatoms. The fraction of sp³-hybridized carbons (Fsp3) is 0.250. The Balaban J connectivity index is 2.36. The molecule has 2 aromatic rings. The van der Waals surface area contributed by atoms with Crippen LogP contribution in [-0.4, -0.2) is 17.6 Å². The Morgan fingerprint density at radius 2 is 1.94 bits per heavy atom. The molecule has 0 saturated heterocycles. The summed E-state index contributed by atoms with van der Waals surface area (Å²) in [6, 6.07) is 6.93. The average Bonchev–Trinajstić information content (AvgIpc) is 2.78. The summed E-state index contributed by atoms with van der Waals surface area (Å²) in [6.07, 6.45) is 4.87. The van der Waals surface area contributed by atoms with Gasteiger partial charge in [0.05, 0.1) is 21.8 Å². The smallest absolute Gasteiger partial charge is 0.199 e. The van der Waals surface area contributed by atoms with E-state index in [1.807, 2.05) is 12.1 Å². The molecule has 1 aromatic heterocycles. The van der Waals surface area contributed by atoms with E-state index >= 15 is 0 Å². The molecule has 18 heavy (non-hydrogen) atoms. The zero-order valence-corrected chi connectivity index (χ0v) is 12.3. The fourth-order valence-electron chi connectivity index (χ4n) is 1.64. The van der Waals surface area contributed by atoms with Gasteiger partial charge in [-0.15, -0.1) is 0 Å². The minimum atomic E-state index is -3.57. The Morgan fingerprint density at radius 1 is 1.28 bits per heavy atom. The summed E-state index contributed by atoms with van der Waals surface area (Å²) < 4.78 is 26.0. The maximum atomic E-state index is 12.2. The third-order valence-corrected chi connectivity index (χ3v) is 4.50. The van der Waals surface area contributed by atoms with Gasteiger partial charge in [0.25, 0.3) is 10.0 Å². The van der Waals surface area contributed by atoms with E-state index in [9.17, 15) is 8.42 Å². The van der Waals surface area contributed by atoms with Crippen LogP contribution in [0, 0.1) is 0 Å². The largest absolute Gasteiger partial charge is 0.282 e. The van der Waals surface area contributed by atoms with Crippen LogP contribution in [0.3, 0.4) is 0 Å². The number of benzene rings is 1. The highest BCUT2D eigenvalue weighted by molar-refractivity contribution is 9.10. The Labute approximate surface area is 115 Å². The number of hydrogen-bond donors (Lipinski definition) is 0. The van der Waals surface area contributed by atoms with Gasteiger partial charge >= 0.3 is 0 Å². The van der Waals surface area contributed by atoms with E-state index in [1.54, 1.807) is 12.1 Å². The van der Waals surface area contributed by atoms with Gasteiger partial charge in [0.1, 0.15) is 0 Å². The van der Waals surface area contributed by atoms with E-state index in [1.165, 1.54) is 12.4 Å². The van der Waals surface area contributed by atoms with Crippen LogP contribution in [-0.2, 0) is 16.4 Å². The van der Waals surface area contributed by atoms with E-state index < -0.39 is 10.0 Å². The summed E-state index contributed by atoms with van der Waals surface area (Å²) in [5, 5.41) is 3.80. The first-order valence-corrected chi connectivity index (χ1v) is 7.82. The van der Waals surface area contributed by atoms with Gasteiger partial charge in [0.15, 0.2) is 0 Å². The van der Waals surface area contributed by atoms with Gasteiger partial charge in [-0.05, 0) is 40.0 Å². The molecule has 0 fully saturated rings. The number of hydrogen-bond acceptors (Lipinski definition) is 3. The normalized spacial score (nSPS) is 11.7. The van der Waals surface area contributed by atoms with Crippen LogP contribution in [0.25, 0.3) is 0 Å². The summed E-state index contributed by atoms with van der Waals surface area (Å²) in [6.45, 7) is 2.09. The van der Waals surface area contributed by atoms with Crippen LogP contribution >= 0.6 is 15.9 Å². The van der Waals surface area contributed by atoms with Gasteiger partial charge in [0, 0.05) is 0 Å². The van der Waals surface area contributed by atoms with Crippen LogP contribution in [0.1, 0.15) is 18.9 Å². The summed E-state index contributed by atoms with van der Waals surface area (Å²) in [5.41, 5.74) is 1.14. The van der Waals surface area contributed by atoms with Crippen molar-refractivity contribution in [3.63, 3.8) is 0 Å². The zero-order chi connectivity index (χ0) is 13.2. The fourth-order valence-corrected chi connectivity index (χ4v) is 3.18. The number of halogens is 1. The van der Waals surface area contributed by atoms with E-state index in [0.29, 0.717) is 4.47 Å². The molecular weight excluding hydrogens is 316 g/mol. The van der Waals surface area contributed by atoms with Gasteiger partial charge in [0.2, 0.25) is 0 Å². The summed E-state index contributed by atoms with van der Waals surface area (Å²) in [7, 11) is -3.57. The van der Waals surface area contributed by atoms with Crippen molar-refractivity contribution in [2.75, 3.05) is 0 Å². The lowest BCUT2D eigenvalue weighted by Gasteiger charge is -2.05. The van der Waals surface area contributed by atoms with E-state index in [0.717, 1.165) is 22.5 Å².